The summed E-state index contributed by atoms with van der Waals surface area (Å²) in [6, 6.07) is 5.98. The van der Waals surface area contributed by atoms with Crippen molar-refractivity contribution < 1.29 is 4.79 Å². The molecule has 5 nitrogen and oxygen atoms in total. The maximum absolute atomic E-state index is 12.3. The quantitative estimate of drug-likeness (QED) is 0.838. The summed E-state index contributed by atoms with van der Waals surface area (Å²) < 4.78 is 0. The Morgan fingerprint density at radius 1 is 1.52 bits per heavy atom. The Labute approximate surface area is 129 Å². The van der Waals surface area contributed by atoms with E-state index < -0.39 is 0 Å². The molecule has 1 amide bonds. The molecule has 1 aromatic heterocycles. The lowest BCUT2D eigenvalue weighted by Crippen LogP contribution is -2.42. The van der Waals surface area contributed by atoms with Gasteiger partial charge >= 0.3 is 0 Å². The van der Waals surface area contributed by atoms with Crippen molar-refractivity contribution >= 4 is 17.7 Å². The second-order valence-electron chi connectivity index (χ2n) is 5.65. The first kappa shape index (κ1) is 14.8. The minimum Gasteiger partial charge on any atom is -0.331 e. The van der Waals surface area contributed by atoms with E-state index in [4.69, 9.17) is 0 Å². The Morgan fingerprint density at radius 3 is 3.24 bits per heavy atom. The fraction of sp³-hybridized carbons (Fsp3) is 0.600. The van der Waals surface area contributed by atoms with Gasteiger partial charge in [0.15, 0.2) is 0 Å². The highest BCUT2D eigenvalue weighted by molar-refractivity contribution is 7.99. The molecule has 114 valence electrons. The summed E-state index contributed by atoms with van der Waals surface area (Å²) in [5, 5.41) is 6.82. The lowest BCUT2D eigenvalue weighted by molar-refractivity contribution is -0.131. The molecule has 2 aliphatic rings. The average Bonchev–Trinajstić information content (AvgIpc) is 3.19. The smallest absolute Gasteiger partial charge is 0.240 e. The van der Waals surface area contributed by atoms with Gasteiger partial charge in [-0.15, -0.1) is 11.8 Å². The second kappa shape index (κ2) is 7.24. The highest BCUT2D eigenvalue weighted by atomic mass is 32.2. The highest BCUT2D eigenvalue weighted by Crippen LogP contribution is 2.19. The van der Waals surface area contributed by atoms with Gasteiger partial charge in [0.1, 0.15) is 0 Å². The van der Waals surface area contributed by atoms with Crippen LogP contribution >= 0.6 is 11.8 Å². The zero-order valence-electron chi connectivity index (χ0n) is 12.1. The normalized spacial score (nSPS) is 25.4. The van der Waals surface area contributed by atoms with E-state index >= 15 is 0 Å². The van der Waals surface area contributed by atoms with Crippen LogP contribution in [-0.2, 0) is 11.3 Å². The molecule has 2 unspecified atom stereocenters. The summed E-state index contributed by atoms with van der Waals surface area (Å²) in [5.41, 5.74) is 1.06. The van der Waals surface area contributed by atoms with Crippen molar-refractivity contribution in [3.8, 4) is 0 Å². The van der Waals surface area contributed by atoms with Crippen LogP contribution in [0.1, 0.15) is 12.1 Å². The topological polar surface area (TPSA) is 57.3 Å². The van der Waals surface area contributed by atoms with Crippen LogP contribution in [-0.4, -0.2) is 53.1 Å². The van der Waals surface area contributed by atoms with Crippen LogP contribution in [0.4, 0.5) is 0 Å². The molecule has 0 aromatic carbocycles. The number of hydrogen-bond donors (Lipinski definition) is 2. The molecular weight excluding hydrogens is 284 g/mol. The lowest BCUT2D eigenvalue weighted by Gasteiger charge is -2.19. The standard InChI is InChI=1S/C15H22N4OS/c20-15(19-5-6-21-11-19)14-7-12(9-18-14)8-16-10-13-3-1-2-4-17-13/h1-4,12,14,16,18H,5-11H2. The zero-order chi connectivity index (χ0) is 14.5. The van der Waals surface area contributed by atoms with E-state index in [1.165, 1.54) is 0 Å². The van der Waals surface area contributed by atoms with Crippen LogP contribution < -0.4 is 10.6 Å². The molecule has 21 heavy (non-hydrogen) atoms. The fourth-order valence-electron chi connectivity index (χ4n) is 2.87. The predicted molar refractivity (Wildman–Crippen MR) is 84.9 cm³/mol. The highest BCUT2D eigenvalue weighted by Gasteiger charge is 2.32. The third kappa shape index (κ3) is 3.96. The fourth-order valence-corrected chi connectivity index (χ4v) is 3.82. The number of aromatic nitrogens is 1. The minimum absolute atomic E-state index is 0.0188. The maximum Gasteiger partial charge on any atom is 0.240 e. The molecule has 0 aliphatic carbocycles. The van der Waals surface area contributed by atoms with Gasteiger partial charge in [-0.2, -0.15) is 0 Å². The Morgan fingerprint density at radius 2 is 2.48 bits per heavy atom. The Kier molecular flexibility index (Phi) is 5.11. The van der Waals surface area contributed by atoms with Crippen LogP contribution in [0.3, 0.4) is 0 Å². The van der Waals surface area contributed by atoms with Gasteiger partial charge in [-0.25, -0.2) is 0 Å². The Hall–Kier alpha value is -1.11. The molecule has 3 rings (SSSR count). The van der Waals surface area contributed by atoms with Crippen molar-refractivity contribution in [1.82, 2.24) is 20.5 Å². The first-order chi connectivity index (χ1) is 10.3. The van der Waals surface area contributed by atoms with E-state index in [2.05, 4.69) is 15.6 Å². The summed E-state index contributed by atoms with van der Waals surface area (Å²) in [4.78, 5) is 18.6. The summed E-state index contributed by atoms with van der Waals surface area (Å²) in [7, 11) is 0. The number of hydrogen-bond acceptors (Lipinski definition) is 5. The largest absolute Gasteiger partial charge is 0.331 e. The van der Waals surface area contributed by atoms with E-state index in [1.54, 1.807) is 0 Å². The number of thioether (sulfide) groups is 1. The van der Waals surface area contributed by atoms with Crippen molar-refractivity contribution in [2.75, 3.05) is 31.3 Å². The molecule has 2 atom stereocenters. The van der Waals surface area contributed by atoms with E-state index in [9.17, 15) is 4.79 Å². The van der Waals surface area contributed by atoms with Crippen molar-refractivity contribution in [2.24, 2.45) is 5.92 Å². The van der Waals surface area contributed by atoms with Crippen molar-refractivity contribution in [1.29, 1.82) is 0 Å². The Bertz CT molecular complexity index is 464. The van der Waals surface area contributed by atoms with Crippen molar-refractivity contribution in [3.63, 3.8) is 0 Å². The van der Waals surface area contributed by atoms with Gasteiger partial charge in [0, 0.05) is 25.0 Å². The van der Waals surface area contributed by atoms with E-state index in [0.29, 0.717) is 5.92 Å². The molecule has 2 saturated heterocycles. The number of nitrogens with one attached hydrogen (secondary N) is 2. The van der Waals surface area contributed by atoms with Crippen LogP contribution in [0.25, 0.3) is 0 Å². The number of rotatable bonds is 5. The third-order valence-corrected chi connectivity index (χ3v) is 5.02. The van der Waals surface area contributed by atoms with Gasteiger partial charge in [-0.3, -0.25) is 9.78 Å². The Balaban J connectivity index is 1.39. The monoisotopic (exact) mass is 306 g/mol. The minimum atomic E-state index is 0.0188. The van der Waals surface area contributed by atoms with Crippen LogP contribution in [0.5, 0.6) is 0 Å². The molecule has 0 saturated carbocycles. The number of pyridine rings is 1. The molecule has 0 spiro atoms. The predicted octanol–water partition coefficient (Wildman–Crippen LogP) is 0.682. The van der Waals surface area contributed by atoms with Gasteiger partial charge in [-0.1, -0.05) is 6.07 Å². The molecule has 6 heteroatoms. The second-order valence-corrected chi connectivity index (χ2v) is 6.73. The number of carbonyl (C=O) groups excluding carboxylic acids is 1. The number of amides is 1. The number of nitrogens with zero attached hydrogens (tertiary/aromatic N) is 2. The van der Waals surface area contributed by atoms with Gasteiger partial charge in [0.25, 0.3) is 0 Å². The summed E-state index contributed by atoms with van der Waals surface area (Å²) in [6.07, 6.45) is 2.76. The molecule has 1 aromatic rings. The SMILES string of the molecule is O=C(C1CC(CNCc2ccccn2)CN1)N1CCSC1. The molecule has 0 bridgehead atoms. The van der Waals surface area contributed by atoms with E-state index in [1.807, 2.05) is 41.1 Å². The van der Waals surface area contributed by atoms with E-state index in [0.717, 1.165) is 49.9 Å². The molecule has 2 N–H and O–H groups in total. The molecule has 3 heterocycles. The number of carbonyl (C=O) groups is 1. The molecule has 2 fully saturated rings. The zero-order valence-corrected chi connectivity index (χ0v) is 12.9. The lowest BCUT2D eigenvalue weighted by atomic mass is 10.0. The first-order valence-corrected chi connectivity index (χ1v) is 8.69. The average molecular weight is 306 g/mol. The maximum atomic E-state index is 12.3. The van der Waals surface area contributed by atoms with E-state index in [-0.39, 0.29) is 11.9 Å². The summed E-state index contributed by atoms with van der Waals surface area (Å²) in [5.74, 6) is 2.75. The van der Waals surface area contributed by atoms with Crippen molar-refractivity contribution in [2.45, 2.75) is 19.0 Å². The molecular formula is C15H22N4OS. The van der Waals surface area contributed by atoms with Gasteiger partial charge in [0.05, 0.1) is 17.6 Å². The van der Waals surface area contributed by atoms with Crippen molar-refractivity contribution in [3.05, 3.63) is 30.1 Å². The van der Waals surface area contributed by atoms with Crippen LogP contribution in [0.15, 0.2) is 24.4 Å². The van der Waals surface area contributed by atoms with Gasteiger partial charge in [-0.05, 0) is 37.6 Å². The van der Waals surface area contributed by atoms with Gasteiger partial charge < -0.3 is 15.5 Å². The summed E-state index contributed by atoms with van der Waals surface area (Å²) >= 11 is 1.84. The first-order valence-electron chi connectivity index (χ1n) is 7.53. The molecule has 2 aliphatic heterocycles. The third-order valence-electron chi connectivity index (χ3n) is 4.05. The van der Waals surface area contributed by atoms with Gasteiger partial charge in [0.2, 0.25) is 5.91 Å². The summed E-state index contributed by atoms with van der Waals surface area (Å²) in [6.45, 7) is 3.55. The molecule has 0 radical (unpaired) electrons. The van der Waals surface area contributed by atoms with Crippen LogP contribution in [0.2, 0.25) is 0 Å². The van der Waals surface area contributed by atoms with Crippen LogP contribution in [0, 0.1) is 5.92 Å².